The molecule has 0 aromatic heterocycles. The zero-order valence-corrected chi connectivity index (χ0v) is 9.60. The van der Waals surface area contributed by atoms with Gasteiger partial charge in [0.1, 0.15) is 0 Å². The molecule has 1 saturated carbocycles. The highest BCUT2D eigenvalue weighted by atomic mass is 16.2. The minimum atomic E-state index is 0.0404. The molecule has 0 saturated heterocycles. The van der Waals surface area contributed by atoms with E-state index in [1.165, 1.54) is 12.8 Å². The van der Waals surface area contributed by atoms with Crippen LogP contribution in [-0.4, -0.2) is 19.0 Å². The van der Waals surface area contributed by atoms with Gasteiger partial charge in [0.2, 0.25) is 5.91 Å². The number of hydrogen-bond donors (Lipinski definition) is 1. The average molecular weight is 218 g/mol. The second kappa shape index (κ2) is 4.66. The summed E-state index contributed by atoms with van der Waals surface area (Å²) in [6, 6.07) is 9.71. The number of hydrogen-bond acceptors (Lipinski definition) is 2. The summed E-state index contributed by atoms with van der Waals surface area (Å²) in [6.45, 7) is 0. The van der Waals surface area contributed by atoms with Gasteiger partial charge >= 0.3 is 0 Å². The highest BCUT2D eigenvalue weighted by molar-refractivity contribution is 5.93. The van der Waals surface area contributed by atoms with E-state index in [1.54, 1.807) is 11.9 Å². The summed E-state index contributed by atoms with van der Waals surface area (Å²) in [5.41, 5.74) is 6.87. The summed E-state index contributed by atoms with van der Waals surface area (Å²) in [5.74, 6) is 0.679. The van der Waals surface area contributed by atoms with Crippen molar-refractivity contribution in [2.75, 3.05) is 11.9 Å². The standard InChI is InChI=1S/C13H18N2O/c1-15(11-5-3-2-4-6-11)13(16)9-12(14)10-7-8-10/h2-6,10,12H,7-9,14H2,1H3. The lowest BCUT2D eigenvalue weighted by molar-refractivity contribution is -0.118. The molecule has 0 radical (unpaired) electrons. The number of benzene rings is 1. The highest BCUT2D eigenvalue weighted by Crippen LogP contribution is 2.33. The van der Waals surface area contributed by atoms with Crippen molar-refractivity contribution in [3.05, 3.63) is 30.3 Å². The average Bonchev–Trinajstić information content (AvgIpc) is 3.13. The third-order valence-corrected chi connectivity index (χ3v) is 3.16. The molecule has 3 nitrogen and oxygen atoms in total. The normalized spacial score (nSPS) is 16.9. The van der Waals surface area contributed by atoms with Gasteiger partial charge in [0.05, 0.1) is 0 Å². The lowest BCUT2D eigenvalue weighted by Crippen LogP contribution is -2.34. The first-order valence-corrected chi connectivity index (χ1v) is 5.75. The second-order valence-corrected chi connectivity index (χ2v) is 4.49. The predicted octanol–water partition coefficient (Wildman–Crippen LogP) is 1.78. The van der Waals surface area contributed by atoms with Crippen LogP contribution >= 0.6 is 0 Å². The molecule has 1 amide bonds. The van der Waals surface area contributed by atoms with Gasteiger partial charge < -0.3 is 10.6 Å². The van der Waals surface area contributed by atoms with Crippen LogP contribution in [0.2, 0.25) is 0 Å². The summed E-state index contributed by atoms with van der Waals surface area (Å²) in [5, 5.41) is 0. The fraction of sp³-hybridized carbons (Fsp3) is 0.462. The second-order valence-electron chi connectivity index (χ2n) is 4.49. The zero-order chi connectivity index (χ0) is 11.5. The van der Waals surface area contributed by atoms with Gasteiger partial charge in [0, 0.05) is 25.2 Å². The van der Waals surface area contributed by atoms with Gasteiger partial charge in [-0.05, 0) is 30.9 Å². The van der Waals surface area contributed by atoms with E-state index < -0.39 is 0 Å². The summed E-state index contributed by atoms with van der Waals surface area (Å²) in [6.07, 6.45) is 2.82. The van der Waals surface area contributed by atoms with Crippen molar-refractivity contribution in [1.82, 2.24) is 0 Å². The Balaban J connectivity index is 1.93. The summed E-state index contributed by atoms with van der Waals surface area (Å²) < 4.78 is 0. The van der Waals surface area contributed by atoms with Crippen molar-refractivity contribution >= 4 is 11.6 Å². The van der Waals surface area contributed by atoms with Crippen molar-refractivity contribution in [2.45, 2.75) is 25.3 Å². The minimum Gasteiger partial charge on any atom is -0.327 e. The van der Waals surface area contributed by atoms with Crippen LogP contribution in [0.3, 0.4) is 0 Å². The van der Waals surface area contributed by atoms with Crippen LogP contribution in [0.1, 0.15) is 19.3 Å². The predicted molar refractivity (Wildman–Crippen MR) is 65.2 cm³/mol. The molecular weight excluding hydrogens is 200 g/mol. The Morgan fingerprint density at radius 3 is 2.62 bits per heavy atom. The molecule has 0 heterocycles. The fourth-order valence-corrected chi connectivity index (χ4v) is 1.83. The molecule has 1 fully saturated rings. The molecule has 1 aliphatic carbocycles. The van der Waals surface area contributed by atoms with E-state index in [1.807, 2.05) is 30.3 Å². The summed E-state index contributed by atoms with van der Waals surface area (Å²) >= 11 is 0. The quantitative estimate of drug-likeness (QED) is 0.837. The van der Waals surface area contributed by atoms with Crippen molar-refractivity contribution in [1.29, 1.82) is 0 Å². The highest BCUT2D eigenvalue weighted by Gasteiger charge is 2.30. The van der Waals surface area contributed by atoms with E-state index in [0.29, 0.717) is 12.3 Å². The smallest absolute Gasteiger partial charge is 0.228 e. The maximum absolute atomic E-state index is 11.9. The first-order valence-electron chi connectivity index (χ1n) is 5.75. The number of amides is 1. The number of nitrogens with zero attached hydrogens (tertiary/aromatic N) is 1. The molecule has 1 aliphatic rings. The van der Waals surface area contributed by atoms with Gasteiger partial charge in [-0.15, -0.1) is 0 Å². The molecule has 0 spiro atoms. The zero-order valence-electron chi connectivity index (χ0n) is 9.60. The molecule has 0 aliphatic heterocycles. The fourth-order valence-electron chi connectivity index (χ4n) is 1.83. The van der Waals surface area contributed by atoms with E-state index in [9.17, 15) is 4.79 Å². The first-order chi connectivity index (χ1) is 7.68. The number of carbonyl (C=O) groups excluding carboxylic acids is 1. The van der Waals surface area contributed by atoms with Crippen LogP contribution < -0.4 is 10.6 Å². The Hall–Kier alpha value is -1.35. The van der Waals surface area contributed by atoms with Crippen LogP contribution in [0.5, 0.6) is 0 Å². The maximum Gasteiger partial charge on any atom is 0.228 e. The van der Waals surface area contributed by atoms with E-state index in [-0.39, 0.29) is 11.9 Å². The molecule has 0 bridgehead atoms. The van der Waals surface area contributed by atoms with Gasteiger partial charge in [-0.1, -0.05) is 18.2 Å². The van der Waals surface area contributed by atoms with Gasteiger partial charge in [-0.2, -0.15) is 0 Å². The van der Waals surface area contributed by atoms with Crippen molar-refractivity contribution < 1.29 is 4.79 Å². The molecule has 3 heteroatoms. The molecule has 86 valence electrons. The lowest BCUT2D eigenvalue weighted by Gasteiger charge is -2.19. The van der Waals surface area contributed by atoms with Crippen LogP contribution in [0.25, 0.3) is 0 Å². The van der Waals surface area contributed by atoms with E-state index >= 15 is 0 Å². The number of anilines is 1. The third kappa shape index (κ3) is 2.61. The Morgan fingerprint density at radius 2 is 2.06 bits per heavy atom. The van der Waals surface area contributed by atoms with E-state index in [2.05, 4.69) is 0 Å². The van der Waals surface area contributed by atoms with Crippen molar-refractivity contribution in [3.8, 4) is 0 Å². The Bertz CT molecular complexity index is 359. The summed E-state index contributed by atoms with van der Waals surface area (Å²) in [4.78, 5) is 13.6. The molecule has 16 heavy (non-hydrogen) atoms. The first kappa shape index (κ1) is 11.1. The topological polar surface area (TPSA) is 46.3 Å². The van der Waals surface area contributed by atoms with Gasteiger partial charge in [-0.3, -0.25) is 4.79 Å². The van der Waals surface area contributed by atoms with Gasteiger partial charge in [0.25, 0.3) is 0 Å². The molecular formula is C13H18N2O. The van der Waals surface area contributed by atoms with E-state index in [0.717, 1.165) is 5.69 Å². The number of carbonyl (C=O) groups is 1. The van der Waals surface area contributed by atoms with Crippen LogP contribution in [0, 0.1) is 5.92 Å². The number of rotatable bonds is 4. The van der Waals surface area contributed by atoms with Crippen LogP contribution in [0.15, 0.2) is 30.3 Å². The lowest BCUT2D eigenvalue weighted by atomic mass is 10.1. The maximum atomic E-state index is 11.9. The SMILES string of the molecule is CN(C(=O)CC(N)C1CC1)c1ccccc1. The Morgan fingerprint density at radius 1 is 1.44 bits per heavy atom. The molecule has 1 aromatic rings. The summed E-state index contributed by atoms with van der Waals surface area (Å²) in [7, 11) is 1.80. The molecule has 2 N–H and O–H groups in total. The van der Waals surface area contributed by atoms with Crippen molar-refractivity contribution in [3.63, 3.8) is 0 Å². The van der Waals surface area contributed by atoms with Gasteiger partial charge in [0.15, 0.2) is 0 Å². The van der Waals surface area contributed by atoms with Gasteiger partial charge in [-0.25, -0.2) is 0 Å². The molecule has 1 unspecified atom stereocenters. The van der Waals surface area contributed by atoms with Crippen molar-refractivity contribution in [2.24, 2.45) is 11.7 Å². The number of para-hydroxylation sites is 1. The van der Waals surface area contributed by atoms with Crippen LogP contribution in [-0.2, 0) is 4.79 Å². The van der Waals surface area contributed by atoms with Crippen LogP contribution in [0.4, 0.5) is 5.69 Å². The molecule has 1 atom stereocenters. The Kier molecular flexibility index (Phi) is 3.25. The Labute approximate surface area is 96.2 Å². The monoisotopic (exact) mass is 218 g/mol. The molecule has 1 aromatic carbocycles. The number of nitrogens with two attached hydrogens (primary N) is 1. The molecule has 2 rings (SSSR count). The largest absolute Gasteiger partial charge is 0.327 e. The third-order valence-electron chi connectivity index (χ3n) is 3.16. The minimum absolute atomic E-state index is 0.0404. The van der Waals surface area contributed by atoms with E-state index in [4.69, 9.17) is 5.73 Å².